The number of amides is 1. The van der Waals surface area contributed by atoms with Crippen molar-refractivity contribution in [3.05, 3.63) is 60.0 Å². The summed E-state index contributed by atoms with van der Waals surface area (Å²) >= 11 is 0. The third kappa shape index (κ3) is 3.34. The van der Waals surface area contributed by atoms with Gasteiger partial charge in [0.1, 0.15) is 0 Å². The lowest BCUT2D eigenvalue weighted by atomic mass is 10.0. The Balaban J connectivity index is 1.50. The van der Waals surface area contributed by atoms with Gasteiger partial charge in [-0.05, 0) is 43.9 Å². The standard InChI is InChI=1S/C23H26N6O/c1-27-21(20-10-7-15-29(20)22(30)17-8-3-2-4-9-17)18(16-25-27)19-11-12-24-23(26-19)28-13-5-6-14-28/h2-4,8-9,11-12,16,20H,5-7,10,13-15H2,1H3/t20-/m1/s1. The summed E-state index contributed by atoms with van der Waals surface area (Å²) in [5.41, 5.74) is 3.63. The van der Waals surface area contributed by atoms with E-state index in [-0.39, 0.29) is 11.9 Å². The second-order valence-electron chi connectivity index (χ2n) is 8.03. The Morgan fingerprint density at radius 2 is 1.83 bits per heavy atom. The number of rotatable bonds is 4. The van der Waals surface area contributed by atoms with Gasteiger partial charge in [0.05, 0.1) is 23.6 Å². The average Bonchev–Trinajstić information content (AvgIpc) is 3.54. The number of nitrogens with zero attached hydrogens (tertiary/aromatic N) is 6. The normalized spacial score (nSPS) is 18.9. The van der Waals surface area contributed by atoms with Gasteiger partial charge >= 0.3 is 0 Å². The number of likely N-dealkylation sites (tertiary alicyclic amines) is 1. The number of carbonyl (C=O) groups excluding carboxylic acids is 1. The molecular formula is C23H26N6O. The maximum Gasteiger partial charge on any atom is 0.254 e. The summed E-state index contributed by atoms with van der Waals surface area (Å²) in [7, 11) is 1.95. The maximum absolute atomic E-state index is 13.2. The van der Waals surface area contributed by atoms with Crippen LogP contribution in [0.15, 0.2) is 48.8 Å². The predicted molar refractivity (Wildman–Crippen MR) is 115 cm³/mol. The van der Waals surface area contributed by atoms with E-state index in [0.717, 1.165) is 60.9 Å². The van der Waals surface area contributed by atoms with Gasteiger partial charge < -0.3 is 9.80 Å². The van der Waals surface area contributed by atoms with Gasteiger partial charge in [-0.2, -0.15) is 5.10 Å². The van der Waals surface area contributed by atoms with Crippen LogP contribution in [-0.2, 0) is 7.05 Å². The average molecular weight is 403 g/mol. The van der Waals surface area contributed by atoms with Crippen molar-refractivity contribution in [3.8, 4) is 11.3 Å². The number of aromatic nitrogens is 4. The predicted octanol–water partition coefficient (Wildman–Crippen LogP) is 3.45. The Morgan fingerprint density at radius 3 is 2.63 bits per heavy atom. The molecule has 0 aliphatic carbocycles. The molecule has 2 aliphatic heterocycles. The summed E-state index contributed by atoms with van der Waals surface area (Å²) < 4.78 is 1.90. The molecular weight excluding hydrogens is 376 g/mol. The van der Waals surface area contributed by atoms with Crippen LogP contribution in [0.25, 0.3) is 11.3 Å². The number of carbonyl (C=O) groups is 1. The molecule has 5 rings (SSSR count). The van der Waals surface area contributed by atoms with Gasteiger partial charge in [-0.1, -0.05) is 18.2 Å². The summed E-state index contributed by atoms with van der Waals surface area (Å²) in [5.74, 6) is 0.856. The van der Waals surface area contributed by atoms with Crippen molar-refractivity contribution in [2.24, 2.45) is 7.05 Å². The topological polar surface area (TPSA) is 67.2 Å². The lowest BCUT2D eigenvalue weighted by Crippen LogP contribution is -2.31. The van der Waals surface area contributed by atoms with E-state index in [1.807, 2.05) is 65.4 Å². The van der Waals surface area contributed by atoms with Crippen LogP contribution in [0.4, 0.5) is 5.95 Å². The molecule has 1 atom stereocenters. The summed E-state index contributed by atoms with van der Waals surface area (Å²) in [4.78, 5) is 26.8. The lowest BCUT2D eigenvalue weighted by molar-refractivity contribution is 0.0731. The molecule has 0 N–H and O–H groups in total. The van der Waals surface area contributed by atoms with Crippen molar-refractivity contribution in [3.63, 3.8) is 0 Å². The Hall–Kier alpha value is -3.22. The smallest absolute Gasteiger partial charge is 0.254 e. The first-order valence-corrected chi connectivity index (χ1v) is 10.7. The first-order chi connectivity index (χ1) is 14.7. The third-order valence-corrected chi connectivity index (χ3v) is 6.14. The molecule has 2 aliphatic rings. The fourth-order valence-electron chi connectivity index (χ4n) is 4.65. The van der Waals surface area contributed by atoms with Crippen LogP contribution in [-0.4, -0.2) is 50.2 Å². The van der Waals surface area contributed by atoms with Crippen molar-refractivity contribution in [2.75, 3.05) is 24.5 Å². The molecule has 2 saturated heterocycles. The Morgan fingerprint density at radius 1 is 1.03 bits per heavy atom. The number of hydrogen-bond donors (Lipinski definition) is 0. The van der Waals surface area contributed by atoms with Gasteiger partial charge in [0.2, 0.25) is 5.95 Å². The lowest BCUT2D eigenvalue weighted by Gasteiger charge is -2.26. The van der Waals surface area contributed by atoms with E-state index in [4.69, 9.17) is 4.98 Å². The summed E-state index contributed by atoms with van der Waals surface area (Å²) in [6.07, 6.45) is 7.98. The monoisotopic (exact) mass is 402 g/mol. The molecule has 0 spiro atoms. The summed E-state index contributed by atoms with van der Waals surface area (Å²) in [5, 5.41) is 4.54. The SMILES string of the molecule is Cn1ncc(-c2ccnc(N3CCCC3)n2)c1[C@H]1CCCN1C(=O)c1ccccc1. The molecule has 2 fully saturated rings. The number of aryl methyl sites for hydroxylation is 1. The fourth-order valence-corrected chi connectivity index (χ4v) is 4.65. The van der Waals surface area contributed by atoms with Crippen LogP contribution in [0.5, 0.6) is 0 Å². The number of benzene rings is 1. The minimum Gasteiger partial charge on any atom is -0.341 e. The zero-order valence-corrected chi connectivity index (χ0v) is 17.2. The number of hydrogen-bond acceptors (Lipinski definition) is 5. The zero-order valence-electron chi connectivity index (χ0n) is 17.2. The Kier molecular flexibility index (Phi) is 4.94. The molecule has 7 heteroatoms. The molecule has 0 saturated carbocycles. The molecule has 3 aromatic rings. The van der Waals surface area contributed by atoms with E-state index in [1.165, 1.54) is 12.8 Å². The van der Waals surface area contributed by atoms with Crippen molar-refractivity contribution in [2.45, 2.75) is 31.7 Å². The fraction of sp³-hybridized carbons (Fsp3) is 0.391. The number of anilines is 1. The molecule has 0 bridgehead atoms. The van der Waals surface area contributed by atoms with E-state index in [9.17, 15) is 4.79 Å². The highest BCUT2D eigenvalue weighted by Gasteiger charge is 2.34. The van der Waals surface area contributed by atoms with Gasteiger partial charge in [0.15, 0.2) is 0 Å². The Labute approximate surface area is 176 Å². The van der Waals surface area contributed by atoms with Crippen molar-refractivity contribution >= 4 is 11.9 Å². The Bertz CT molecular complexity index is 1040. The van der Waals surface area contributed by atoms with E-state index < -0.39 is 0 Å². The van der Waals surface area contributed by atoms with Gasteiger partial charge in [-0.25, -0.2) is 9.97 Å². The minimum atomic E-state index is -0.00888. The van der Waals surface area contributed by atoms with Gasteiger partial charge in [-0.3, -0.25) is 9.48 Å². The molecule has 0 unspecified atom stereocenters. The molecule has 7 nitrogen and oxygen atoms in total. The quantitative estimate of drug-likeness (QED) is 0.669. The largest absolute Gasteiger partial charge is 0.341 e. The zero-order chi connectivity index (χ0) is 20.5. The molecule has 154 valence electrons. The maximum atomic E-state index is 13.2. The van der Waals surface area contributed by atoms with E-state index in [0.29, 0.717) is 0 Å². The minimum absolute atomic E-state index is 0.00888. The van der Waals surface area contributed by atoms with Crippen LogP contribution in [0.3, 0.4) is 0 Å². The van der Waals surface area contributed by atoms with Crippen molar-refractivity contribution in [1.29, 1.82) is 0 Å². The van der Waals surface area contributed by atoms with Crippen LogP contribution >= 0.6 is 0 Å². The van der Waals surface area contributed by atoms with E-state index in [2.05, 4.69) is 15.0 Å². The first kappa shape index (κ1) is 18.8. The highest BCUT2D eigenvalue weighted by molar-refractivity contribution is 5.94. The molecule has 0 radical (unpaired) electrons. The van der Waals surface area contributed by atoms with Gasteiger partial charge in [0.25, 0.3) is 5.91 Å². The van der Waals surface area contributed by atoms with Crippen molar-refractivity contribution in [1.82, 2.24) is 24.6 Å². The van der Waals surface area contributed by atoms with Crippen molar-refractivity contribution < 1.29 is 4.79 Å². The molecule has 2 aromatic heterocycles. The van der Waals surface area contributed by atoms with Crippen LogP contribution in [0.2, 0.25) is 0 Å². The van der Waals surface area contributed by atoms with E-state index >= 15 is 0 Å². The molecule has 1 aromatic carbocycles. The molecule has 30 heavy (non-hydrogen) atoms. The highest BCUT2D eigenvalue weighted by Crippen LogP contribution is 2.38. The summed E-state index contributed by atoms with van der Waals surface area (Å²) in [6.45, 7) is 2.77. The molecule has 4 heterocycles. The molecule has 1 amide bonds. The first-order valence-electron chi connectivity index (χ1n) is 10.7. The van der Waals surface area contributed by atoms with E-state index in [1.54, 1.807) is 0 Å². The van der Waals surface area contributed by atoms with Gasteiger partial charge in [-0.15, -0.1) is 0 Å². The van der Waals surface area contributed by atoms with Crippen LogP contribution < -0.4 is 4.90 Å². The second kappa shape index (κ2) is 7.89. The third-order valence-electron chi connectivity index (χ3n) is 6.14. The van der Waals surface area contributed by atoms with Crippen LogP contribution in [0, 0.1) is 0 Å². The van der Waals surface area contributed by atoms with Gasteiger partial charge in [0, 0.05) is 44.0 Å². The second-order valence-corrected chi connectivity index (χ2v) is 8.03. The summed E-state index contributed by atoms with van der Waals surface area (Å²) in [6, 6.07) is 11.5. The highest BCUT2D eigenvalue weighted by atomic mass is 16.2. The van der Waals surface area contributed by atoms with Crippen LogP contribution in [0.1, 0.15) is 47.8 Å².